The van der Waals surface area contributed by atoms with Crippen molar-refractivity contribution in [3.63, 3.8) is 0 Å². The Labute approximate surface area is 112 Å². The van der Waals surface area contributed by atoms with Gasteiger partial charge in [-0.05, 0) is 37.1 Å². The van der Waals surface area contributed by atoms with Crippen LogP contribution in [0.5, 0.6) is 0 Å². The first-order valence-electron chi connectivity index (χ1n) is 6.39. The number of nitrogens with one attached hydrogen (secondary N) is 3. The fraction of sp³-hybridized carbons (Fsp3) is 0.286. The fourth-order valence-corrected chi connectivity index (χ4v) is 1.75. The highest BCUT2D eigenvalue weighted by Gasteiger charge is 2.04. The Bertz CT molecular complexity index is 505. The summed E-state index contributed by atoms with van der Waals surface area (Å²) in [7, 11) is 0. The monoisotopic (exact) mass is 258 g/mol. The van der Waals surface area contributed by atoms with E-state index in [0.29, 0.717) is 6.42 Å². The van der Waals surface area contributed by atoms with E-state index in [-0.39, 0.29) is 5.91 Å². The first-order valence-corrected chi connectivity index (χ1v) is 6.39. The van der Waals surface area contributed by atoms with E-state index in [1.807, 2.05) is 37.5 Å². The van der Waals surface area contributed by atoms with Gasteiger partial charge in [0.05, 0.1) is 11.9 Å². The number of amides is 1. The van der Waals surface area contributed by atoms with Crippen molar-refractivity contribution < 1.29 is 4.79 Å². The fourth-order valence-electron chi connectivity index (χ4n) is 1.75. The van der Waals surface area contributed by atoms with Crippen LogP contribution >= 0.6 is 0 Å². The topological polar surface area (TPSA) is 69.8 Å². The van der Waals surface area contributed by atoms with Crippen LogP contribution in [0.25, 0.3) is 0 Å². The van der Waals surface area contributed by atoms with Crippen LogP contribution in [0.3, 0.4) is 0 Å². The molecule has 0 bridgehead atoms. The van der Waals surface area contributed by atoms with Gasteiger partial charge in [-0.25, -0.2) is 4.98 Å². The number of carbonyl (C=O) groups excluding carboxylic acids is 1. The molecule has 2 aromatic heterocycles. The standard InChI is InChI=1S/C14H18N4O/c1-2-16-13-5-4-12(10-17-13)18-14(19)6-3-11-7-8-15-9-11/h4-5,7-10,15H,2-3,6H2,1H3,(H,16,17)(H,18,19). The molecular formula is C14H18N4O. The highest BCUT2D eigenvalue weighted by Crippen LogP contribution is 2.10. The van der Waals surface area contributed by atoms with Crippen molar-refractivity contribution in [2.75, 3.05) is 17.2 Å². The molecule has 3 N–H and O–H groups in total. The molecule has 0 fully saturated rings. The lowest BCUT2D eigenvalue weighted by molar-refractivity contribution is -0.116. The van der Waals surface area contributed by atoms with Gasteiger partial charge in [-0.1, -0.05) is 0 Å². The third-order valence-electron chi connectivity index (χ3n) is 2.71. The predicted octanol–water partition coefficient (Wildman–Crippen LogP) is 2.41. The molecule has 0 aliphatic heterocycles. The summed E-state index contributed by atoms with van der Waals surface area (Å²) in [4.78, 5) is 18.9. The van der Waals surface area contributed by atoms with Crippen LogP contribution < -0.4 is 10.6 Å². The van der Waals surface area contributed by atoms with Gasteiger partial charge in [0.25, 0.3) is 0 Å². The highest BCUT2D eigenvalue weighted by atomic mass is 16.1. The summed E-state index contributed by atoms with van der Waals surface area (Å²) in [6.07, 6.45) is 6.62. The molecule has 2 aromatic rings. The Morgan fingerprint density at radius 3 is 2.89 bits per heavy atom. The number of H-pyrrole nitrogens is 1. The average Bonchev–Trinajstić information content (AvgIpc) is 2.92. The lowest BCUT2D eigenvalue weighted by Crippen LogP contribution is -2.12. The Morgan fingerprint density at radius 1 is 1.37 bits per heavy atom. The first kappa shape index (κ1) is 13.1. The van der Waals surface area contributed by atoms with Crippen LogP contribution in [0.15, 0.2) is 36.8 Å². The summed E-state index contributed by atoms with van der Waals surface area (Å²) in [5.74, 6) is 0.812. The maximum atomic E-state index is 11.8. The summed E-state index contributed by atoms with van der Waals surface area (Å²) in [6.45, 7) is 2.84. The number of aryl methyl sites for hydroxylation is 1. The number of aromatic amines is 1. The zero-order chi connectivity index (χ0) is 13.5. The Kier molecular flexibility index (Phi) is 4.55. The number of hydrogen-bond donors (Lipinski definition) is 3. The lowest BCUT2D eigenvalue weighted by Gasteiger charge is -2.06. The van der Waals surface area contributed by atoms with Crippen LogP contribution in [-0.4, -0.2) is 22.4 Å². The third-order valence-corrected chi connectivity index (χ3v) is 2.71. The Hall–Kier alpha value is -2.30. The molecule has 19 heavy (non-hydrogen) atoms. The number of hydrogen-bond acceptors (Lipinski definition) is 3. The van der Waals surface area contributed by atoms with Crippen molar-refractivity contribution in [3.05, 3.63) is 42.4 Å². The van der Waals surface area contributed by atoms with E-state index in [1.54, 1.807) is 6.20 Å². The molecule has 0 saturated heterocycles. The predicted molar refractivity (Wildman–Crippen MR) is 76.1 cm³/mol. The molecule has 0 aliphatic carbocycles. The van der Waals surface area contributed by atoms with E-state index >= 15 is 0 Å². The zero-order valence-corrected chi connectivity index (χ0v) is 10.9. The van der Waals surface area contributed by atoms with Gasteiger partial charge < -0.3 is 15.6 Å². The molecular weight excluding hydrogens is 240 g/mol. The van der Waals surface area contributed by atoms with E-state index in [2.05, 4.69) is 20.6 Å². The minimum absolute atomic E-state index is 0.000740. The second-order valence-electron chi connectivity index (χ2n) is 4.23. The van der Waals surface area contributed by atoms with Crippen LogP contribution in [0, 0.1) is 0 Å². The van der Waals surface area contributed by atoms with Gasteiger partial charge >= 0.3 is 0 Å². The van der Waals surface area contributed by atoms with Crippen molar-refractivity contribution in [1.29, 1.82) is 0 Å². The first-order chi connectivity index (χ1) is 9.28. The number of nitrogens with zero attached hydrogens (tertiary/aromatic N) is 1. The molecule has 0 saturated carbocycles. The molecule has 5 nitrogen and oxygen atoms in total. The van der Waals surface area contributed by atoms with Crippen LogP contribution in [0.2, 0.25) is 0 Å². The summed E-state index contributed by atoms with van der Waals surface area (Å²) in [5, 5.41) is 5.94. The largest absolute Gasteiger partial charge is 0.370 e. The lowest BCUT2D eigenvalue weighted by atomic mass is 10.2. The quantitative estimate of drug-likeness (QED) is 0.745. The average molecular weight is 258 g/mol. The van der Waals surface area contributed by atoms with Gasteiger partial charge in [-0.15, -0.1) is 0 Å². The molecule has 5 heteroatoms. The molecule has 0 spiro atoms. The number of rotatable bonds is 6. The van der Waals surface area contributed by atoms with Gasteiger partial charge in [-0.2, -0.15) is 0 Å². The molecule has 0 radical (unpaired) electrons. The number of aromatic nitrogens is 2. The van der Waals surface area contributed by atoms with E-state index in [1.165, 1.54) is 0 Å². The third kappa shape index (κ3) is 4.13. The summed E-state index contributed by atoms with van der Waals surface area (Å²) >= 11 is 0. The summed E-state index contributed by atoms with van der Waals surface area (Å²) < 4.78 is 0. The summed E-state index contributed by atoms with van der Waals surface area (Å²) in [5.41, 5.74) is 1.86. The SMILES string of the molecule is CCNc1ccc(NC(=O)CCc2cc[nH]c2)cn1. The van der Waals surface area contributed by atoms with Gasteiger partial charge in [0.1, 0.15) is 5.82 Å². The highest BCUT2D eigenvalue weighted by molar-refractivity contribution is 5.90. The van der Waals surface area contributed by atoms with Crippen LogP contribution in [-0.2, 0) is 11.2 Å². The van der Waals surface area contributed by atoms with Crippen molar-refractivity contribution in [2.45, 2.75) is 19.8 Å². The Balaban J connectivity index is 1.81. The maximum Gasteiger partial charge on any atom is 0.224 e. The second kappa shape index (κ2) is 6.58. The molecule has 100 valence electrons. The summed E-state index contributed by atoms with van der Waals surface area (Å²) in [6, 6.07) is 5.67. The smallest absolute Gasteiger partial charge is 0.224 e. The minimum Gasteiger partial charge on any atom is -0.370 e. The molecule has 0 aliphatic rings. The van der Waals surface area contributed by atoms with Crippen molar-refractivity contribution in [3.8, 4) is 0 Å². The van der Waals surface area contributed by atoms with Gasteiger partial charge in [0, 0.05) is 25.4 Å². The van der Waals surface area contributed by atoms with Crippen molar-refractivity contribution in [2.24, 2.45) is 0 Å². The van der Waals surface area contributed by atoms with E-state index in [4.69, 9.17) is 0 Å². The van der Waals surface area contributed by atoms with Crippen molar-refractivity contribution in [1.82, 2.24) is 9.97 Å². The maximum absolute atomic E-state index is 11.8. The van der Waals surface area contributed by atoms with Gasteiger partial charge in [0.15, 0.2) is 0 Å². The molecule has 0 unspecified atom stereocenters. The van der Waals surface area contributed by atoms with Crippen molar-refractivity contribution >= 4 is 17.4 Å². The number of carbonyl (C=O) groups is 1. The normalized spacial score (nSPS) is 10.2. The van der Waals surface area contributed by atoms with Crippen LogP contribution in [0.1, 0.15) is 18.9 Å². The molecule has 0 aromatic carbocycles. The minimum atomic E-state index is -0.000740. The van der Waals surface area contributed by atoms with E-state index in [9.17, 15) is 4.79 Å². The van der Waals surface area contributed by atoms with Gasteiger partial charge in [-0.3, -0.25) is 4.79 Å². The van der Waals surface area contributed by atoms with Crippen LogP contribution in [0.4, 0.5) is 11.5 Å². The number of pyridine rings is 1. The zero-order valence-electron chi connectivity index (χ0n) is 10.9. The molecule has 2 rings (SSSR count). The molecule has 0 atom stereocenters. The van der Waals surface area contributed by atoms with E-state index in [0.717, 1.165) is 30.0 Å². The number of anilines is 2. The Morgan fingerprint density at radius 2 is 2.26 bits per heavy atom. The molecule has 1 amide bonds. The van der Waals surface area contributed by atoms with Gasteiger partial charge in [0.2, 0.25) is 5.91 Å². The second-order valence-corrected chi connectivity index (χ2v) is 4.23. The van der Waals surface area contributed by atoms with E-state index < -0.39 is 0 Å². The molecule has 2 heterocycles.